The SMILES string of the molecule is O=C(O)CCCc1ccc2nccnc2c1. The van der Waals surface area contributed by atoms with Gasteiger partial charge < -0.3 is 5.11 Å². The lowest BCUT2D eigenvalue weighted by Crippen LogP contribution is -1.96. The molecule has 0 saturated heterocycles. The summed E-state index contributed by atoms with van der Waals surface area (Å²) in [6.45, 7) is 0. The molecule has 0 amide bonds. The van der Waals surface area contributed by atoms with Crippen LogP contribution in [0.3, 0.4) is 0 Å². The molecule has 1 N–H and O–H groups in total. The van der Waals surface area contributed by atoms with Crippen molar-refractivity contribution in [3.8, 4) is 0 Å². The van der Waals surface area contributed by atoms with Gasteiger partial charge in [0, 0.05) is 18.8 Å². The van der Waals surface area contributed by atoms with Gasteiger partial charge in [0.15, 0.2) is 0 Å². The lowest BCUT2D eigenvalue weighted by molar-refractivity contribution is -0.137. The van der Waals surface area contributed by atoms with E-state index < -0.39 is 5.97 Å². The van der Waals surface area contributed by atoms with E-state index in [0.29, 0.717) is 6.42 Å². The molecule has 0 spiro atoms. The summed E-state index contributed by atoms with van der Waals surface area (Å²) in [7, 11) is 0. The Morgan fingerprint density at radius 3 is 2.69 bits per heavy atom. The number of aliphatic carboxylic acids is 1. The number of nitrogens with zero attached hydrogens (tertiary/aromatic N) is 2. The third-order valence-electron chi connectivity index (χ3n) is 2.39. The molecule has 0 saturated carbocycles. The van der Waals surface area contributed by atoms with Crippen LogP contribution in [-0.2, 0) is 11.2 Å². The standard InChI is InChI=1S/C12H12N2O2/c15-12(16)3-1-2-9-4-5-10-11(8-9)14-7-6-13-10/h4-8H,1-3H2,(H,15,16). The van der Waals surface area contributed by atoms with Crippen molar-refractivity contribution in [2.75, 3.05) is 0 Å². The maximum absolute atomic E-state index is 10.4. The van der Waals surface area contributed by atoms with Crippen LogP contribution < -0.4 is 0 Å². The van der Waals surface area contributed by atoms with Gasteiger partial charge in [0.05, 0.1) is 11.0 Å². The summed E-state index contributed by atoms with van der Waals surface area (Å²) in [6, 6.07) is 5.85. The Bertz CT molecular complexity index is 511. The molecular formula is C12H12N2O2. The van der Waals surface area contributed by atoms with Gasteiger partial charge in [0.1, 0.15) is 0 Å². The molecule has 2 rings (SSSR count). The number of aromatic nitrogens is 2. The Morgan fingerprint density at radius 2 is 1.94 bits per heavy atom. The third-order valence-corrected chi connectivity index (χ3v) is 2.39. The highest BCUT2D eigenvalue weighted by atomic mass is 16.4. The van der Waals surface area contributed by atoms with Crippen LogP contribution in [0.4, 0.5) is 0 Å². The van der Waals surface area contributed by atoms with Gasteiger partial charge in [-0.15, -0.1) is 0 Å². The van der Waals surface area contributed by atoms with Crippen molar-refractivity contribution in [2.24, 2.45) is 0 Å². The number of hydrogen-bond acceptors (Lipinski definition) is 3. The van der Waals surface area contributed by atoms with Crippen molar-refractivity contribution in [1.82, 2.24) is 9.97 Å². The first-order chi connectivity index (χ1) is 7.75. The van der Waals surface area contributed by atoms with Gasteiger partial charge in [0.2, 0.25) is 0 Å². The van der Waals surface area contributed by atoms with Crippen molar-refractivity contribution < 1.29 is 9.90 Å². The monoisotopic (exact) mass is 216 g/mol. The number of carboxylic acid groups (broad SMARTS) is 1. The second-order valence-corrected chi connectivity index (χ2v) is 3.63. The molecule has 0 aliphatic carbocycles. The van der Waals surface area contributed by atoms with Crippen LogP contribution in [0.5, 0.6) is 0 Å². The Balaban J connectivity index is 2.10. The Hall–Kier alpha value is -1.97. The Labute approximate surface area is 93.0 Å². The normalized spacial score (nSPS) is 10.5. The molecule has 4 nitrogen and oxygen atoms in total. The van der Waals surface area contributed by atoms with Gasteiger partial charge in [-0.1, -0.05) is 6.07 Å². The molecule has 0 radical (unpaired) electrons. The first kappa shape index (κ1) is 10.5. The van der Waals surface area contributed by atoms with Crippen LogP contribution >= 0.6 is 0 Å². The quantitative estimate of drug-likeness (QED) is 0.849. The van der Waals surface area contributed by atoms with Crippen LogP contribution in [0.2, 0.25) is 0 Å². The number of hydrogen-bond donors (Lipinski definition) is 1. The summed E-state index contributed by atoms with van der Waals surface area (Å²) in [5, 5.41) is 8.54. The summed E-state index contributed by atoms with van der Waals surface area (Å²) in [5.74, 6) is -0.749. The zero-order valence-corrected chi connectivity index (χ0v) is 8.76. The number of carboxylic acids is 1. The first-order valence-corrected chi connectivity index (χ1v) is 5.17. The second-order valence-electron chi connectivity index (χ2n) is 3.63. The largest absolute Gasteiger partial charge is 0.481 e. The molecule has 1 heterocycles. The highest BCUT2D eigenvalue weighted by Gasteiger charge is 2.00. The van der Waals surface area contributed by atoms with Crippen LogP contribution in [0.1, 0.15) is 18.4 Å². The molecule has 16 heavy (non-hydrogen) atoms. The predicted octanol–water partition coefficient (Wildman–Crippen LogP) is 2.04. The van der Waals surface area contributed by atoms with Crippen LogP contribution in [0, 0.1) is 0 Å². The number of fused-ring (bicyclic) bond motifs is 1. The molecule has 82 valence electrons. The van der Waals surface area contributed by atoms with E-state index in [1.165, 1.54) is 0 Å². The smallest absolute Gasteiger partial charge is 0.303 e. The molecule has 0 fully saturated rings. The first-order valence-electron chi connectivity index (χ1n) is 5.17. The predicted molar refractivity (Wildman–Crippen MR) is 60.1 cm³/mol. The highest BCUT2D eigenvalue weighted by Crippen LogP contribution is 2.12. The maximum Gasteiger partial charge on any atom is 0.303 e. The van der Waals surface area contributed by atoms with E-state index >= 15 is 0 Å². The summed E-state index contributed by atoms with van der Waals surface area (Å²) in [4.78, 5) is 18.8. The van der Waals surface area contributed by atoms with E-state index in [0.717, 1.165) is 23.0 Å². The van der Waals surface area contributed by atoms with Gasteiger partial charge in [-0.25, -0.2) is 0 Å². The maximum atomic E-state index is 10.4. The third kappa shape index (κ3) is 2.53. The Kier molecular flexibility index (Phi) is 3.10. The molecule has 0 aliphatic heterocycles. The minimum Gasteiger partial charge on any atom is -0.481 e. The van der Waals surface area contributed by atoms with Crippen molar-refractivity contribution >= 4 is 17.0 Å². The molecule has 0 atom stereocenters. The molecule has 1 aromatic carbocycles. The topological polar surface area (TPSA) is 63.1 Å². The molecule has 0 aliphatic rings. The van der Waals surface area contributed by atoms with Crippen molar-refractivity contribution in [3.05, 3.63) is 36.2 Å². The van der Waals surface area contributed by atoms with Crippen LogP contribution in [0.15, 0.2) is 30.6 Å². The lowest BCUT2D eigenvalue weighted by atomic mass is 10.1. The van der Waals surface area contributed by atoms with E-state index in [4.69, 9.17) is 5.11 Å². The fourth-order valence-electron chi connectivity index (χ4n) is 1.61. The van der Waals surface area contributed by atoms with Gasteiger partial charge in [-0.3, -0.25) is 14.8 Å². The van der Waals surface area contributed by atoms with E-state index in [9.17, 15) is 4.79 Å². The summed E-state index contributed by atoms with van der Waals surface area (Å²) in [6.07, 6.45) is 4.94. The lowest BCUT2D eigenvalue weighted by Gasteiger charge is -2.01. The van der Waals surface area contributed by atoms with Crippen molar-refractivity contribution in [3.63, 3.8) is 0 Å². The zero-order valence-electron chi connectivity index (χ0n) is 8.76. The molecule has 1 aromatic heterocycles. The number of benzene rings is 1. The molecule has 0 bridgehead atoms. The van der Waals surface area contributed by atoms with Crippen LogP contribution in [-0.4, -0.2) is 21.0 Å². The summed E-state index contributed by atoms with van der Waals surface area (Å²) >= 11 is 0. The van der Waals surface area contributed by atoms with Gasteiger partial charge >= 0.3 is 5.97 Å². The highest BCUT2D eigenvalue weighted by molar-refractivity contribution is 5.74. The van der Waals surface area contributed by atoms with E-state index in [-0.39, 0.29) is 6.42 Å². The molecule has 0 unspecified atom stereocenters. The van der Waals surface area contributed by atoms with Crippen molar-refractivity contribution in [2.45, 2.75) is 19.3 Å². The molecular weight excluding hydrogens is 204 g/mol. The zero-order chi connectivity index (χ0) is 11.4. The molecule has 4 heteroatoms. The minimum absolute atomic E-state index is 0.207. The minimum atomic E-state index is -0.749. The average molecular weight is 216 g/mol. The van der Waals surface area contributed by atoms with E-state index in [1.807, 2.05) is 18.2 Å². The second kappa shape index (κ2) is 4.70. The summed E-state index contributed by atoms with van der Waals surface area (Å²) in [5.41, 5.74) is 2.83. The summed E-state index contributed by atoms with van der Waals surface area (Å²) < 4.78 is 0. The van der Waals surface area contributed by atoms with Crippen LogP contribution in [0.25, 0.3) is 11.0 Å². The number of carbonyl (C=O) groups is 1. The van der Waals surface area contributed by atoms with Gasteiger partial charge in [0.25, 0.3) is 0 Å². The van der Waals surface area contributed by atoms with Gasteiger partial charge in [-0.2, -0.15) is 0 Å². The van der Waals surface area contributed by atoms with Crippen molar-refractivity contribution in [1.29, 1.82) is 0 Å². The molecule has 2 aromatic rings. The van der Waals surface area contributed by atoms with Gasteiger partial charge in [-0.05, 0) is 30.5 Å². The van der Waals surface area contributed by atoms with E-state index in [1.54, 1.807) is 12.4 Å². The number of aryl methyl sites for hydroxylation is 1. The average Bonchev–Trinajstić information content (AvgIpc) is 2.28. The fraction of sp³-hybridized carbons (Fsp3) is 0.250. The van der Waals surface area contributed by atoms with E-state index in [2.05, 4.69) is 9.97 Å². The fourth-order valence-corrected chi connectivity index (χ4v) is 1.61. The number of rotatable bonds is 4. The Morgan fingerprint density at radius 1 is 1.19 bits per heavy atom.